The van der Waals surface area contributed by atoms with E-state index in [-0.39, 0.29) is 16.5 Å². The molecule has 0 aromatic heterocycles. The highest BCUT2D eigenvalue weighted by molar-refractivity contribution is 6.08. The molecule has 1 amide bonds. The summed E-state index contributed by atoms with van der Waals surface area (Å²) < 4.78 is 5.39. The first kappa shape index (κ1) is 21.7. The second-order valence-corrected chi connectivity index (χ2v) is 9.52. The maximum Gasteiger partial charge on any atom is 0.292 e. The molecule has 2 heterocycles. The molecule has 1 spiro atoms. The Morgan fingerprint density at radius 1 is 0.970 bits per heavy atom. The molecule has 1 saturated carbocycles. The number of rotatable bonds is 5. The number of hydrogen-bond acceptors (Lipinski definition) is 6. The smallest absolute Gasteiger partial charge is 0.292 e. The van der Waals surface area contributed by atoms with Crippen molar-refractivity contribution in [3.8, 4) is 0 Å². The number of ether oxygens (including phenoxy) is 1. The molecule has 8 nitrogen and oxygen atoms in total. The van der Waals surface area contributed by atoms with Gasteiger partial charge >= 0.3 is 0 Å². The Kier molecular flexibility index (Phi) is 5.70. The molecule has 2 aromatic carbocycles. The van der Waals surface area contributed by atoms with Gasteiger partial charge in [0.2, 0.25) is 0 Å². The van der Waals surface area contributed by atoms with Crippen LogP contribution in [0.1, 0.15) is 41.6 Å². The van der Waals surface area contributed by atoms with Gasteiger partial charge in [0, 0.05) is 43.6 Å². The van der Waals surface area contributed by atoms with E-state index in [9.17, 15) is 14.9 Å². The van der Waals surface area contributed by atoms with Gasteiger partial charge in [0.05, 0.1) is 23.7 Å². The maximum atomic E-state index is 13.3. The molecule has 0 bridgehead atoms. The zero-order chi connectivity index (χ0) is 23.0. The van der Waals surface area contributed by atoms with Gasteiger partial charge in [0.25, 0.3) is 11.6 Å². The maximum absolute atomic E-state index is 13.3. The number of nitro groups is 1. The first-order chi connectivity index (χ1) is 15.9. The van der Waals surface area contributed by atoms with Crippen LogP contribution in [0, 0.1) is 22.5 Å². The summed E-state index contributed by atoms with van der Waals surface area (Å²) in [6.07, 6.45) is 5.06. The van der Waals surface area contributed by atoms with Crippen molar-refractivity contribution in [3.63, 3.8) is 0 Å². The van der Waals surface area contributed by atoms with E-state index in [0.29, 0.717) is 48.7 Å². The molecule has 33 heavy (non-hydrogen) atoms. The number of hydrogen-bond donors (Lipinski definition) is 1. The fourth-order valence-corrected chi connectivity index (χ4v) is 5.01. The molecule has 1 aliphatic carbocycles. The predicted molar refractivity (Wildman–Crippen MR) is 128 cm³/mol. The molecule has 0 unspecified atom stereocenters. The van der Waals surface area contributed by atoms with Gasteiger partial charge in [-0.25, -0.2) is 0 Å². The third-order valence-electron chi connectivity index (χ3n) is 7.30. The number of piperidine rings is 1. The molecule has 1 N–H and O–H groups in total. The van der Waals surface area contributed by atoms with Crippen molar-refractivity contribution < 1.29 is 14.5 Å². The van der Waals surface area contributed by atoms with Crippen LogP contribution in [0.5, 0.6) is 0 Å². The lowest BCUT2D eigenvalue weighted by molar-refractivity contribution is -0.384. The summed E-state index contributed by atoms with van der Waals surface area (Å²) in [5.74, 6) is -0.196. The van der Waals surface area contributed by atoms with Crippen LogP contribution in [-0.4, -0.2) is 50.2 Å². The number of benzene rings is 2. The third kappa shape index (κ3) is 4.53. The summed E-state index contributed by atoms with van der Waals surface area (Å²) in [6, 6.07) is 10.7. The zero-order valence-electron chi connectivity index (χ0n) is 19.0. The first-order valence-corrected chi connectivity index (χ1v) is 11.7. The highest BCUT2D eigenvalue weighted by Crippen LogP contribution is 2.54. The highest BCUT2D eigenvalue weighted by atomic mass is 16.6. The number of aryl methyl sites for hydroxylation is 1. The Balaban J connectivity index is 1.39. The van der Waals surface area contributed by atoms with Crippen LogP contribution >= 0.6 is 0 Å². The van der Waals surface area contributed by atoms with E-state index in [4.69, 9.17) is 4.74 Å². The molecule has 2 aromatic rings. The van der Waals surface area contributed by atoms with Crippen LogP contribution in [0.15, 0.2) is 36.4 Å². The van der Waals surface area contributed by atoms with Gasteiger partial charge in [-0.3, -0.25) is 14.9 Å². The lowest BCUT2D eigenvalue weighted by Crippen LogP contribution is -2.36. The monoisotopic (exact) mass is 450 g/mol. The standard InChI is InChI=1S/C25H30N4O4/c1-18-2-4-20(22(16-18)27-10-8-25(6-7-25)9-11-27)24(30)26-19-3-5-21(29(31)32)23(17-19)28-12-14-33-15-13-28/h2-5,16-17H,6-15H2,1H3,(H,26,30). The van der Waals surface area contributed by atoms with Crippen LogP contribution < -0.4 is 15.1 Å². The van der Waals surface area contributed by atoms with Gasteiger partial charge in [-0.1, -0.05) is 6.07 Å². The largest absolute Gasteiger partial charge is 0.378 e. The molecule has 2 aliphatic heterocycles. The number of amides is 1. The second-order valence-electron chi connectivity index (χ2n) is 9.52. The molecule has 0 atom stereocenters. The third-order valence-corrected chi connectivity index (χ3v) is 7.30. The molecular formula is C25H30N4O4. The molecule has 8 heteroatoms. The Morgan fingerprint density at radius 3 is 2.33 bits per heavy atom. The lowest BCUT2D eigenvalue weighted by Gasteiger charge is -2.35. The lowest BCUT2D eigenvalue weighted by atomic mass is 9.92. The minimum absolute atomic E-state index is 0.0354. The van der Waals surface area contributed by atoms with E-state index in [1.54, 1.807) is 12.1 Å². The topological polar surface area (TPSA) is 87.9 Å². The van der Waals surface area contributed by atoms with E-state index in [1.807, 2.05) is 24.0 Å². The fraction of sp³-hybridized carbons (Fsp3) is 0.480. The summed E-state index contributed by atoms with van der Waals surface area (Å²) in [4.78, 5) is 28.8. The highest BCUT2D eigenvalue weighted by Gasteiger charge is 2.44. The van der Waals surface area contributed by atoms with Crippen LogP contribution in [0.25, 0.3) is 0 Å². The first-order valence-electron chi connectivity index (χ1n) is 11.7. The van der Waals surface area contributed by atoms with E-state index >= 15 is 0 Å². The van der Waals surface area contributed by atoms with Crippen molar-refractivity contribution in [3.05, 3.63) is 57.6 Å². The van der Waals surface area contributed by atoms with Crippen molar-refractivity contribution in [1.82, 2.24) is 0 Å². The van der Waals surface area contributed by atoms with Gasteiger partial charge in [-0.2, -0.15) is 0 Å². The Morgan fingerprint density at radius 2 is 1.67 bits per heavy atom. The molecule has 5 rings (SSSR count). The summed E-state index contributed by atoms with van der Waals surface area (Å²) in [6.45, 7) is 6.20. The molecule has 3 aliphatic rings. The van der Waals surface area contributed by atoms with Crippen LogP contribution in [0.3, 0.4) is 0 Å². The molecule has 3 fully saturated rings. The predicted octanol–water partition coefficient (Wildman–Crippen LogP) is 4.37. The van der Waals surface area contributed by atoms with Crippen LogP contribution in [0.2, 0.25) is 0 Å². The Bertz CT molecular complexity index is 1070. The molecule has 0 radical (unpaired) electrons. The average Bonchev–Trinajstić information content (AvgIpc) is 3.58. The van der Waals surface area contributed by atoms with Crippen molar-refractivity contribution in [2.24, 2.45) is 5.41 Å². The van der Waals surface area contributed by atoms with E-state index < -0.39 is 0 Å². The van der Waals surface area contributed by atoms with Gasteiger partial charge in [0.15, 0.2) is 0 Å². The minimum Gasteiger partial charge on any atom is -0.378 e. The minimum atomic E-state index is -0.378. The van der Waals surface area contributed by atoms with Crippen LogP contribution in [0.4, 0.5) is 22.7 Å². The SMILES string of the molecule is Cc1ccc(C(=O)Nc2ccc([N+](=O)[O-])c(N3CCOCC3)c2)c(N2CCC3(CC2)CC3)c1. The van der Waals surface area contributed by atoms with Crippen molar-refractivity contribution >= 4 is 28.7 Å². The Labute approximate surface area is 193 Å². The van der Waals surface area contributed by atoms with Crippen LogP contribution in [-0.2, 0) is 4.74 Å². The van der Waals surface area contributed by atoms with E-state index in [0.717, 1.165) is 24.3 Å². The molecular weight excluding hydrogens is 420 g/mol. The van der Waals surface area contributed by atoms with E-state index in [2.05, 4.69) is 16.3 Å². The molecule has 174 valence electrons. The zero-order valence-corrected chi connectivity index (χ0v) is 19.0. The summed E-state index contributed by atoms with van der Waals surface area (Å²) >= 11 is 0. The number of nitrogens with one attached hydrogen (secondary N) is 1. The Hall–Kier alpha value is -3.13. The van der Waals surface area contributed by atoms with E-state index in [1.165, 1.54) is 31.7 Å². The van der Waals surface area contributed by atoms with Crippen molar-refractivity contribution in [1.29, 1.82) is 0 Å². The number of morpholine rings is 1. The van der Waals surface area contributed by atoms with Gasteiger partial charge in [-0.15, -0.1) is 0 Å². The number of carbonyl (C=O) groups is 1. The van der Waals surface area contributed by atoms with Gasteiger partial charge < -0.3 is 19.9 Å². The number of anilines is 3. The number of nitro benzene ring substituents is 1. The average molecular weight is 451 g/mol. The van der Waals surface area contributed by atoms with Crippen molar-refractivity contribution in [2.75, 3.05) is 54.5 Å². The molecule has 2 saturated heterocycles. The second kappa shape index (κ2) is 8.67. The van der Waals surface area contributed by atoms with Gasteiger partial charge in [0.1, 0.15) is 5.69 Å². The fourth-order valence-electron chi connectivity index (χ4n) is 5.01. The number of nitrogens with zero attached hydrogens (tertiary/aromatic N) is 3. The summed E-state index contributed by atoms with van der Waals surface area (Å²) in [5, 5.41) is 14.6. The summed E-state index contributed by atoms with van der Waals surface area (Å²) in [5.41, 5.74) is 4.39. The van der Waals surface area contributed by atoms with Crippen molar-refractivity contribution in [2.45, 2.75) is 32.6 Å². The van der Waals surface area contributed by atoms with Gasteiger partial charge in [-0.05, 0) is 67.9 Å². The normalized spacial score (nSPS) is 19.4. The number of carbonyl (C=O) groups excluding carboxylic acids is 1. The quantitative estimate of drug-likeness (QED) is 0.538. The summed E-state index contributed by atoms with van der Waals surface area (Å²) in [7, 11) is 0.